The minimum atomic E-state index is 0.437. The van der Waals surface area contributed by atoms with E-state index in [4.69, 9.17) is 4.74 Å². The van der Waals surface area contributed by atoms with Crippen LogP contribution in [0.2, 0.25) is 0 Å². The number of benzene rings is 1. The summed E-state index contributed by atoms with van der Waals surface area (Å²) in [5, 5.41) is 3.48. The molecular formula is C15H23BrN2O. The van der Waals surface area contributed by atoms with E-state index in [9.17, 15) is 0 Å². The number of hydrogen-bond acceptors (Lipinski definition) is 3. The van der Waals surface area contributed by atoms with Gasteiger partial charge in [-0.1, -0.05) is 22.9 Å². The van der Waals surface area contributed by atoms with E-state index < -0.39 is 0 Å². The van der Waals surface area contributed by atoms with Crippen molar-refractivity contribution < 1.29 is 4.74 Å². The lowest BCUT2D eigenvalue weighted by atomic mass is 9.93. The van der Waals surface area contributed by atoms with Gasteiger partial charge in [0.2, 0.25) is 0 Å². The Hall–Kier alpha value is -0.580. The molecule has 1 fully saturated rings. The minimum absolute atomic E-state index is 0.437. The van der Waals surface area contributed by atoms with Gasteiger partial charge in [0.05, 0.1) is 7.11 Å². The quantitative estimate of drug-likeness (QED) is 0.900. The summed E-state index contributed by atoms with van der Waals surface area (Å²) >= 11 is 3.58. The monoisotopic (exact) mass is 326 g/mol. The number of likely N-dealkylation sites (tertiary alicyclic amines) is 1. The van der Waals surface area contributed by atoms with Crippen molar-refractivity contribution in [3.8, 4) is 5.75 Å². The van der Waals surface area contributed by atoms with Gasteiger partial charge >= 0.3 is 0 Å². The second kappa shape index (κ2) is 6.73. The van der Waals surface area contributed by atoms with Crippen molar-refractivity contribution in [2.75, 3.05) is 33.8 Å². The molecule has 1 aromatic carbocycles. The summed E-state index contributed by atoms with van der Waals surface area (Å²) in [5.74, 6) is 1.64. The lowest BCUT2D eigenvalue weighted by Gasteiger charge is -2.27. The van der Waals surface area contributed by atoms with Gasteiger partial charge in [0.15, 0.2) is 0 Å². The fourth-order valence-electron chi connectivity index (χ4n) is 3.00. The molecule has 1 saturated heterocycles. The summed E-state index contributed by atoms with van der Waals surface area (Å²) in [6.45, 7) is 5.41. The van der Waals surface area contributed by atoms with E-state index in [1.807, 2.05) is 6.07 Å². The zero-order chi connectivity index (χ0) is 13.8. The van der Waals surface area contributed by atoms with Gasteiger partial charge < -0.3 is 10.1 Å². The van der Waals surface area contributed by atoms with E-state index in [1.54, 1.807) is 7.11 Å². The number of halogens is 1. The van der Waals surface area contributed by atoms with Crippen molar-refractivity contribution in [3.63, 3.8) is 0 Å². The molecule has 0 amide bonds. The third kappa shape index (κ3) is 3.30. The molecule has 0 spiro atoms. The molecule has 0 aromatic heterocycles. The van der Waals surface area contributed by atoms with Gasteiger partial charge in [0.1, 0.15) is 5.75 Å². The van der Waals surface area contributed by atoms with Crippen molar-refractivity contribution in [2.45, 2.75) is 19.4 Å². The second-order valence-electron chi connectivity index (χ2n) is 5.17. The van der Waals surface area contributed by atoms with Crippen molar-refractivity contribution in [2.24, 2.45) is 5.92 Å². The number of nitrogens with zero attached hydrogens (tertiary/aromatic N) is 1. The summed E-state index contributed by atoms with van der Waals surface area (Å²) in [6, 6.07) is 6.73. The van der Waals surface area contributed by atoms with Crippen LogP contribution in [0, 0.1) is 5.92 Å². The number of nitrogens with one attached hydrogen (secondary N) is 1. The highest BCUT2D eigenvalue weighted by Gasteiger charge is 2.34. The van der Waals surface area contributed by atoms with Crippen LogP contribution in [0.4, 0.5) is 0 Å². The summed E-state index contributed by atoms with van der Waals surface area (Å²) in [6.07, 6.45) is 1.24. The average molecular weight is 327 g/mol. The van der Waals surface area contributed by atoms with Gasteiger partial charge in [-0.05, 0) is 57.2 Å². The normalized spacial score (nSPS) is 23.8. The first-order chi connectivity index (χ1) is 9.17. The molecule has 2 atom stereocenters. The summed E-state index contributed by atoms with van der Waals surface area (Å²) in [4.78, 5) is 2.44. The van der Waals surface area contributed by atoms with Gasteiger partial charge in [0.25, 0.3) is 0 Å². The smallest absolute Gasteiger partial charge is 0.123 e. The van der Waals surface area contributed by atoms with Crippen LogP contribution in [0.15, 0.2) is 22.7 Å². The van der Waals surface area contributed by atoms with Crippen molar-refractivity contribution in [1.82, 2.24) is 10.2 Å². The van der Waals surface area contributed by atoms with E-state index in [0.717, 1.165) is 29.9 Å². The van der Waals surface area contributed by atoms with Crippen molar-refractivity contribution in [3.05, 3.63) is 28.2 Å². The Morgan fingerprint density at radius 3 is 2.95 bits per heavy atom. The van der Waals surface area contributed by atoms with Crippen molar-refractivity contribution >= 4 is 15.9 Å². The lowest BCUT2D eigenvalue weighted by Crippen LogP contribution is -2.28. The molecule has 0 bridgehead atoms. The van der Waals surface area contributed by atoms with Gasteiger partial charge in [-0.15, -0.1) is 0 Å². The molecule has 0 aliphatic carbocycles. The summed E-state index contributed by atoms with van der Waals surface area (Å²) in [7, 11) is 3.96. The van der Waals surface area contributed by atoms with Crippen LogP contribution in [0.5, 0.6) is 5.75 Å². The molecule has 1 N–H and O–H groups in total. The third-order valence-corrected chi connectivity index (χ3v) is 4.43. The first-order valence-corrected chi connectivity index (χ1v) is 7.71. The fourth-order valence-corrected chi connectivity index (χ4v) is 3.38. The molecule has 106 valence electrons. The Labute approximate surface area is 124 Å². The molecule has 2 rings (SSSR count). The zero-order valence-corrected chi connectivity index (χ0v) is 13.5. The predicted molar refractivity (Wildman–Crippen MR) is 82.7 cm³/mol. The Kier molecular flexibility index (Phi) is 5.25. The van der Waals surface area contributed by atoms with E-state index in [0.29, 0.717) is 12.0 Å². The van der Waals surface area contributed by atoms with E-state index in [1.165, 1.54) is 12.0 Å². The largest absolute Gasteiger partial charge is 0.496 e. The number of ether oxygens (including phenoxy) is 1. The molecule has 0 saturated carbocycles. The first-order valence-electron chi connectivity index (χ1n) is 6.91. The van der Waals surface area contributed by atoms with Crippen LogP contribution in [-0.2, 0) is 0 Å². The predicted octanol–water partition coefficient (Wildman–Crippen LogP) is 3.06. The molecule has 0 radical (unpaired) electrons. The van der Waals surface area contributed by atoms with E-state index in [2.05, 4.69) is 52.3 Å². The third-order valence-electron chi connectivity index (χ3n) is 3.94. The molecule has 4 heteroatoms. The maximum atomic E-state index is 5.55. The second-order valence-corrected chi connectivity index (χ2v) is 6.08. The van der Waals surface area contributed by atoms with Crippen LogP contribution >= 0.6 is 15.9 Å². The number of rotatable bonds is 5. The van der Waals surface area contributed by atoms with Crippen LogP contribution in [-0.4, -0.2) is 38.7 Å². The molecule has 1 aromatic rings. The molecule has 19 heavy (non-hydrogen) atoms. The molecule has 1 heterocycles. The summed E-state index contributed by atoms with van der Waals surface area (Å²) < 4.78 is 6.66. The fraction of sp³-hybridized carbons (Fsp3) is 0.600. The zero-order valence-electron chi connectivity index (χ0n) is 11.9. The Morgan fingerprint density at radius 2 is 2.26 bits per heavy atom. The SMILES string of the molecule is CCNCC1CCN(C)C1c1cc(Br)ccc1OC. The van der Waals surface area contributed by atoms with Gasteiger partial charge in [-0.3, -0.25) is 4.90 Å². The van der Waals surface area contributed by atoms with Gasteiger partial charge in [-0.25, -0.2) is 0 Å². The van der Waals surface area contributed by atoms with E-state index in [-0.39, 0.29) is 0 Å². The standard InChI is InChI=1S/C15H23BrN2O/c1-4-17-10-11-7-8-18(2)15(11)13-9-12(16)5-6-14(13)19-3/h5-6,9,11,15,17H,4,7-8,10H2,1-3H3. The maximum absolute atomic E-state index is 5.55. The molecule has 1 aliphatic heterocycles. The molecular weight excluding hydrogens is 304 g/mol. The highest BCUT2D eigenvalue weighted by Crippen LogP contribution is 2.40. The average Bonchev–Trinajstić information content (AvgIpc) is 2.77. The molecule has 2 unspecified atom stereocenters. The van der Waals surface area contributed by atoms with Crippen LogP contribution in [0.3, 0.4) is 0 Å². The Bertz CT molecular complexity index is 425. The van der Waals surface area contributed by atoms with Gasteiger partial charge in [0, 0.05) is 16.1 Å². The Morgan fingerprint density at radius 1 is 1.47 bits per heavy atom. The van der Waals surface area contributed by atoms with Crippen molar-refractivity contribution in [1.29, 1.82) is 0 Å². The lowest BCUT2D eigenvalue weighted by molar-refractivity contribution is 0.264. The van der Waals surface area contributed by atoms with E-state index >= 15 is 0 Å². The first kappa shape index (κ1) is 14.8. The minimum Gasteiger partial charge on any atom is -0.496 e. The Balaban J connectivity index is 2.28. The number of hydrogen-bond donors (Lipinski definition) is 1. The maximum Gasteiger partial charge on any atom is 0.123 e. The van der Waals surface area contributed by atoms with Crippen LogP contribution in [0.1, 0.15) is 24.9 Å². The highest BCUT2D eigenvalue weighted by atomic mass is 79.9. The molecule has 1 aliphatic rings. The topological polar surface area (TPSA) is 24.5 Å². The van der Waals surface area contributed by atoms with Crippen LogP contribution in [0.25, 0.3) is 0 Å². The van der Waals surface area contributed by atoms with Gasteiger partial charge in [-0.2, -0.15) is 0 Å². The number of methoxy groups -OCH3 is 1. The van der Waals surface area contributed by atoms with Crippen LogP contribution < -0.4 is 10.1 Å². The highest BCUT2D eigenvalue weighted by molar-refractivity contribution is 9.10. The summed E-state index contributed by atoms with van der Waals surface area (Å²) in [5.41, 5.74) is 1.29. The molecule has 3 nitrogen and oxygen atoms in total.